The van der Waals surface area contributed by atoms with Gasteiger partial charge in [-0.1, -0.05) is 18.2 Å². The average molecular weight is 198 g/mol. The molecule has 1 aromatic rings. The highest BCUT2D eigenvalue weighted by Crippen LogP contribution is 2.41. The highest BCUT2D eigenvalue weighted by atomic mass is 16.2. The van der Waals surface area contributed by atoms with Crippen LogP contribution >= 0.6 is 0 Å². The van der Waals surface area contributed by atoms with Crippen molar-refractivity contribution in [3.8, 4) is 6.07 Å². The summed E-state index contributed by atoms with van der Waals surface area (Å²) in [5.41, 5.74) is 1.58. The number of amides is 1. The second-order valence-corrected chi connectivity index (χ2v) is 4.06. The van der Waals surface area contributed by atoms with Crippen LogP contribution in [0.3, 0.4) is 0 Å². The Hall–Kier alpha value is -1.82. The Bertz CT molecular complexity index is 471. The van der Waals surface area contributed by atoms with Gasteiger partial charge >= 0.3 is 0 Å². The van der Waals surface area contributed by atoms with E-state index in [0.29, 0.717) is 11.6 Å². The highest BCUT2D eigenvalue weighted by molar-refractivity contribution is 6.00. The minimum absolute atomic E-state index is 0.0275. The largest absolute Gasteiger partial charge is 0.315 e. The Morgan fingerprint density at radius 2 is 2.07 bits per heavy atom. The zero-order chi connectivity index (χ0) is 10.4. The van der Waals surface area contributed by atoms with Crippen molar-refractivity contribution in [1.82, 2.24) is 4.90 Å². The second-order valence-electron chi connectivity index (χ2n) is 4.06. The molecule has 0 radical (unpaired) electrons. The summed E-state index contributed by atoms with van der Waals surface area (Å²) in [5, 5.41) is 9.13. The Kier molecular flexibility index (Phi) is 1.60. The molecule has 3 heteroatoms. The monoisotopic (exact) mass is 198 g/mol. The van der Waals surface area contributed by atoms with Crippen molar-refractivity contribution < 1.29 is 4.79 Å². The first kappa shape index (κ1) is 8.49. The number of rotatable bonds is 1. The van der Waals surface area contributed by atoms with Gasteiger partial charge in [-0.2, -0.15) is 5.26 Å². The fourth-order valence-corrected chi connectivity index (χ4v) is 2.20. The minimum Gasteiger partial charge on any atom is -0.315 e. The molecule has 1 fully saturated rings. The maximum Gasteiger partial charge on any atom is 0.255 e. The van der Waals surface area contributed by atoms with Crippen LogP contribution in [0.2, 0.25) is 0 Å². The van der Waals surface area contributed by atoms with Crippen molar-refractivity contribution >= 4 is 5.91 Å². The smallest absolute Gasteiger partial charge is 0.255 e. The number of nitriles is 1. The van der Waals surface area contributed by atoms with Gasteiger partial charge in [-0.3, -0.25) is 4.79 Å². The van der Waals surface area contributed by atoms with Crippen molar-refractivity contribution in [1.29, 1.82) is 5.26 Å². The highest BCUT2D eigenvalue weighted by Gasteiger charge is 2.44. The Balaban J connectivity index is 2.12. The SMILES string of the molecule is N#C[C@@H]1c2ccccc2C(=O)N1C1CC1. The molecule has 1 heterocycles. The molecule has 15 heavy (non-hydrogen) atoms. The topological polar surface area (TPSA) is 44.1 Å². The van der Waals surface area contributed by atoms with Crippen LogP contribution < -0.4 is 0 Å². The summed E-state index contributed by atoms with van der Waals surface area (Å²) in [6.07, 6.45) is 2.08. The fourth-order valence-electron chi connectivity index (χ4n) is 2.20. The number of carbonyl (C=O) groups is 1. The molecule has 0 saturated heterocycles. The van der Waals surface area contributed by atoms with E-state index in [2.05, 4.69) is 6.07 Å². The van der Waals surface area contributed by atoms with Gasteiger partial charge in [-0.25, -0.2) is 0 Å². The summed E-state index contributed by atoms with van der Waals surface area (Å²) < 4.78 is 0. The van der Waals surface area contributed by atoms with Gasteiger partial charge in [0.05, 0.1) is 6.07 Å². The van der Waals surface area contributed by atoms with Gasteiger partial charge in [0.15, 0.2) is 0 Å². The summed E-state index contributed by atoms with van der Waals surface area (Å²) in [6.45, 7) is 0. The van der Waals surface area contributed by atoms with Gasteiger partial charge in [0, 0.05) is 17.2 Å². The predicted molar refractivity (Wildman–Crippen MR) is 54.0 cm³/mol. The van der Waals surface area contributed by atoms with Crippen LogP contribution in [0.1, 0.15) is 34.8 Å². The van der Waals surface area contributed by atoms with E-state index >= 15 is 0 Å². The number of benzene rings is 1. The van der Waals surface area contributed by atoms with Crippen molar-refractivity contribution in [2.75, 3.05) is 0 Å². The summed E-state index contributed by atoms with van der Waals surface area (Å²) in [4.78, 5) is 13.8. The van der Waals surface area contributed by atoms with Crippen molar-refractivity contribution in [3.63, 3.8) is 0 Å². The van der Waals surface area contributed by atoms with Gasteiger partial charge in [-0.15, -0.1) is 0 Å². The molecular weight excluding hydrogens is 188 g/mol. The number of fused-ring (bicyclic) bond motifs is 1. The molecule has 0 N–H and O–H groups in total. The molecule has 0 aromatic heterocycles. The maximum absolute atomic E-state index is 12.0. The molecular formula is C12H10N2O. The first-order chi connectivity index (χ1) is 7.33. The lowest BCUT2D eigenvalue weighted by atomic mass is 10.1. The van der Waals surface area contributed by atoms with Crippen LogP contribution in [0.4, 0.5) is 0 Å². The maximum atomic E-state index is 12.0. The Morgan fingerprint density at radius 1 is 1.33 bits per heavy atom. The third kappa shape index (κ3) is 1.08. The molecule has 1 aliphatic carbocycles. The molecule has 1 saturated carbocycles. The quantitative estimate of drug-likeness (QED) is 0.691. The molecule has 3 nitrogen and oxygen atoms in total. The van der Waals surface area contributed by atoms with Crippen molar-refractivity contribution in [3.05, 3.63) is 35.4 Å². The zero-order valence-corrected chi connectivity index (χ0v) is 8.18. The van der Waals surface area contributed by atoms with Crippen LogP contribution in [-0.4, -0.2) is 16.8 Å². The first-order valence-corrected chi connectivity index (χ1v) is 5.14. The van der Waals surface area contributed by atoms with Gasteiger partial charge < -0.3 is 4.90 Å². The van der Waals surface area contributed by atoms with Crippen LogP contribution in [0.15, 0.2) is 24.3 Å². The molecule has 1 aromatic carbocycles. The van der Waals surface area contributed by atoms with Crippen LogP contribution in [0.25, 0.3) is 0 Å². The molecule has 3 rings (SSSR count). The molecule has 0 bridgehead atoms. The summed E-state index contributed by atoms with van der Waals surface area (Å²) in [7, 11) is 0. The summed E-state index contributed by atoms with van der Waals surface area (Å²) >= 11 is 0. The molecule has 1 amide bonds. The molecule has 74 valence electrons. The van der Waals surface area contributed by atoms with E-state index in [-0.39, 0.29) is 11.9 Å². The van der Waals surface area contributed by atoms with Crippen LogP contribution in [0.5, 0.6) is 0 Å². The van der Waals surface area contributed by atoms with Gasteiger partial charge in [-0.05, 0) is 18.9 Å². The van der Waals surface area contributed by atoms with E-state index in [0.717, 1.165) is 18.4 Å². The zero-order valence-electron chi connectivity index (χ0n) is 8.18. The number of nitrogens with zero attached hydrogens (tertiary/aromatic N) is 2. The predicted octanol–water partition coefficient (Wildman–Crippen LogP) is 1.87. The van der Waals surface area contributed by atoms with Crippen molar-refractivity contribution in [2.24, 2.45) is 0 Å². The van der Waals surface area contributed by atoms with E-state index in [1.54, 1.807) is 4.90 Å². The first-order valence-electron chi connectivity index (χ1n) is 5.14. The number of hydrogen-bond acceptors (Lipinski definition) is 2. The standard InChI is InChI=1S/C12H10N2O/c13-7-11-9-3-1-2-4-10(9)12(15)14(11)8-5-6-8/h1-4,8,11H,5-6H2/t11-/m1/s1. The molecule has 1 atom stereocenters. The molecule has 0 spiro atoms. The normalized spacial score (nSPS) is 23.8. The lowest BCUT2D eigenvalue weighted by Crippen LogP contribution is -2.29. The summed E-state index contributed by atoms with van der Waals surface area (Å²) in [5.74, 6) is 0.0275. The van der Waals surface area contributed by atoms with E-state index in [1.807, 2.05) is 24.3 Å². The van der Waals surface area contributed by atoms with Crippen molar-refractivity contribution in [2.45, 2.75) is 24.9 Å². The van der Waals surface area contributed by atoms with Gasteiger partial charge in [0.1, 0.15) is 6.04 Å². The number of hydrogen-bond donors (Lipinski definition) is 0. The molecule has 1 aliphatic heterocycles. The third-order valence-corrected chi connectivity index (χ3v) is 3.06. The molecule has 2 aliphatic rings. The lowest BCUT2D eigenvalue weighted by Gasteiger charge is -2.18. The van der Waals surface area contributed by atoms with Gasteiger partial charge in [0.25, 0.3) is 5.91 Å². The van der Waals surface area contributed by atoms with E-state index < -0.39 is 0 Å². The second kappa shape index (κ2) is 2.83. The van der Waals surface area contributed by atoms with E-state index in [4.69, 9.17) is 5.26 Å². The molecule has 0 unspecified atom stereocenters. The van der Waals surface area contributed by atoms with E-state index in [1.165, 1.54) is 0 Å². The minimum atomic E-state index is -0.360. The Morgan fingerprint density at radius 3 is 2.73 bits per heavy atom. The summed E-state index contributed by atoms with van der Waals surface area (Å²) in [6, 6.07) is 9.59. The van der Waals surface area contributed by atoms with Crippen LogP contribution in [0, 0.1) is 11.3 Å². The fraction of sp³-hybridized carbons (Fsp3) is 0.333. The number of carbonyl (C=O) groups excluding carboxylic acids is 1. The Labute approximate surface area is 87.9 Å². The van der Waals surface area contributed by atoms with E-state index in [9.17, 15) is 4.79 Å². The third-order valence-electron chi connectivity index (χ3n) is 3.06. The van der Waals surface area contributed by atoms with Crippen LogP contribution in [-0.2, 0) is 0 Å². The van der Waals surface area contributed by atoms with Gasteiger partial charge in [0.2, 0.25) is 0 Å². The lowest BCUT2D eigenvalue weighted by molar-refractivity contribution is 0.0744. The average Bonchev–Trinajstić information content (AvgIpc) is 3.05.